The highest BCUT2D eigenvalue weighted by molar-refractivity contribution is 7.80. The average molecular weight is 250 g/mol. The van der Waals surface area contributed by atoms with Gasteiger partial charge in [-0.3, -0.25) is 4.90 Å². The SMILES string of the molecule is NC(=S)C1CCCN1CCOc1ccccc1. The van der Waals surface area contributed by atoms with E-state index in [4.69, 9.17) is 22.7 Å². The molecule has 4 heteroatoms. The maximum absolute atomic E-state index is 5.72. The van der Waals surface area contributed by atoms with Gasteiger partial charge in [0.25, 0.3) is 0 Å². The average Bonchev–Trinajstić information content (AvgIpc) is 2.79. The summed E-state index contributed by atoms with van der Waals surface area (Å²) in [5.74, 6) is 0.915. The van der Waals surface area contributed by atoms with Crippen LogP contribution >= 0.6 is 12.2 Å². The third kappa shape index (κ3) is 3.41. The van der Waals surface area contributed by atoms with Crippen molar-refractivity contribution in [2.75, 3.05) is 19.7 Å². The molecule has 1 unspecified atom stereocenters. The fourth-order valence-electron chi connectivity index (χ4n) is 2.21. The van der Waals surface area contributed by atoms with E-state index in [2.05, 4.69) is 4.90 Å². The van der Waals surface area contributed by atoms with Crippen LogP contribution in [0.2, 0.25) is 0 Å². The molecule has 3 nitrogen and oxygen atoms in total. The van der Waals surface area contributed by atoms with Crippen LogP contribution in [0.15, 0.2) is 30.3 Å². The van der Waals surface area contributed by atoms with E-state index < -0.39 is 0 Å². The molecule has 0 aliphatic carbocycles. The molecule has 1 saturated heterocycles. The normalized spacial score (nSPS) is 20.4. The fraction of sp³-hybridized carbons (Fsp3) is 0.462. The second kappa shape index (κ2) is 5.98. The number of para-hydroxylation sites is 1. The third-order valence-electron chi connectivity index (χ3n) is 3.08. The Balaban J connectivity index is 1.77. The van der Waals surface area contributed by atoms with Crippen LogP contribution in [0.4, 0.5) is 0 Å². The van der Waals surface area contributed by atoms with Gasteiger partial charge in [-0.05, 0) is 31.5 Å². The van der Waals surface area contributed by atoms with Crippen LogP contribution in [-0.2, 0) is 0 Å². The van der Waals surface area contributed by atoms with Crippen LogP contribution < -0.4 is 10.5 Å². The molecule has 0 saturated carbocycles. The molecule has 92 valence electrons. The lowest BCUT2D eigenvalue weighted by Crippen LogP contribution is -2.41. The monoisotopic (exact) mass is 250 g/mol. The van der Waals surface area contributed by atoms with Crippen molar-refractivity contribution in [3.05, 3.63) is 30.3 Å². The molecule has 1 atom stereocenters. The maximum atomic E-state index is 5.72. The Morgan fingerprint density at radius 1 is 1.41 bits per heavy atom. The number of rotatable bonds is 5. The Morgan fingerprint density at radius 3 is 2.88 bits per heavy atom. The first-order valence-electron chi connectivity index (χ1n) is 5.98. The number of thiocarbonyl (C=S) groups is 1. The molecule has 17 heavy (non-hydrogen) atoms. The van der Waals surface area contributed by atoms with Crippen molar-refractivity contribution in [2.24, 2.45) is 5.73 Å². The zero-order chi connectivity index (χ0) is 12.1. The van der Waals surface area contributed by atoms with Crippen LogP contribution in [0, 0.1) is 0 Å². The van der Waals surface area contributed by atoms with Gasteiger partial charge in [0.15, 0.2) is 0 Å². The molecular weight excluding hydrogens is 232 g/mol. The largest absolute Gasteiger partial charge is 0.492 e. The molecule has 1 aromatic carbocycles. The van der Waals surface area contributed by atoms with E-state index >= 15 is 0 Å². The van der Waals surface area contributed by atoms with E-state index in [1.807, 2.05) is 30.3 Å². The highest BCUT2D eigenvalue weighted by Gasteiger charge is 2.26. The molecule has 1 aliphatic heterocycles. The van der Waals surface area contributed by atoms with Crippen LogP contribution in [0.5, 0.6) is 5.75 Å². The maximum Gasteiger partial charge on any atom is 0.119 e. The van der Waals surface area contributed by atoms with Gasteiger partial charge in [0.2, 0.25) is 0 Å². The van der Waals surface area contributed by atoms with Crippen LogP contribution in [0.1, 0.15) is 12.8 Å². The van der Waals surface area contributed by atoms with Gasteiger partial charge in [-0.1, -0.05) is 30.4 Å². The van der Waals surface area contributed by atoms with Crippen molar-refractivity contribution in [1.82, 2.24) is 4.90 Å². The first-order chi connectivity index (χ1) is 8.27. The molecule has 0 radical (unpaired) electrons. The molecule has 1 fully saturated rings. The van der Waals surface area contributed by atoms with E-state index in [1.165, 1.54) is 6.42 Å². The quantitative estimate of drug-likeness (QED) is 0.809. The van der Waals surface area contributed by atoms with Crippen molar-refractivity contribution < 1.29 is 4.74 Å². The van der Waals surface area contributed by atoms with E-state index in [-0.39, 0.29) is 6.04 Å². The number of nitrogens with two attached hydrogens (primary N) is 1. The molecular formula is C13H18N2OS. The predicted molar refractivity (Wildman–Crippen MR) is 73.3 cm³/mol. The Hall–Kier alpha value is -1.13. The Bertz CT molecular complexity index is 369. The van der Waals surface area contributed by atoms with Crippen LogP contribution in [0.3, 0.4) is 0 Å². The highest BCUT2D eigenvalue weighted by atomic mass is 32.1. The lowest BCUT2D eigenvalue weighted by atomic mass is 10.2. The number of likely N-dealkylation sites (tertiary alicyclic amines) is 1. The minimum Gasteiger partial charge on any atom is -0.492 e. The number of hydrogen-bond acceptors (Lipinski definition) is 3. The standard InChI is InChI=1S/C13H18N2OS/c14-13(17)12-7-4-8-15(12)9-10-16-11-5-2-1-3-6-11/h1-3,5-6,12H,4,7-10H2,(H2,14,17). The smallest absolute Gasteiger partial charge is 0.119 e. The van der Waals surface area contributed by atoms with Crippen molar-refractivity contribution in [1.29, 1.82) is 0 Å². The number of nitrogens with zero attached hydrogens (tertiary/aromatic N) is 1. The summed E-state index contributed by atoms with van der Waals surface area (Å²) in [6, 6.07) is 10.1. The van der Waals surface area contributed by atoms with Gasteiger partial charge in [0.05, 0.1) is 11.0 Å². The molecule has 0 aromatic heterocycles. The second-order valence-electron chi connectivity index (χ2n) is 4.26. The van der Waals surface area contributed by atoms with Gasteiger partial charge in [0, 0.05) is 6.54 Å². The molecule has 1 aliphatic rings. The molecule has 0 spiro atoms. The van der Waals surface area contributed by atoms with Gasteiger partial charge in [-0.15, -0.1) is 0 Å². The number of hydrogen-bond donors (Lipinski definition) is 1. The minimum atomic E-state index is 0.268. The van der Waals surface area contributed by atoms with E-state index in [1.54, 1.807) is 0 Å². The topological polar surface area (TPSA) is 38.5 Å². The van der Waals surface area contributed by atoms with Crippen molar-refractivity contribution in [3.63, 3.8) is 0 Å². The number of ether oxygens (including phenoxy) is 1. The zero-order valence-corrected chi connectivity index (χ0v) is 10.7. The lowest BCUT2D eigenvalue weighted by Gasteiger charge is -2.23. The van der Waals surface area contributed by atoms with E-state index in [0.717, 1.165) is 25.3 Å². The first kappa shape index (κ1) is 12.3. The summed E-state index contributed by atoms with van der Waals surface area (Å²) in [5, 5.41) is 0. The third-order valence-corrected chi connectivity index (χ3v) is 3.35. The van der Waals surface area contributed by atoms with Gasteiger partial charge in [-0.2, -0.15) is 0 Å². The predicted octanol–water partition coefficient (Wildman–Crippen LogP) is 1.82. The zero-order valence-electron chi connectivity index (χ0n) is 9.84. The second-order valence-corrected chi connectivity index (χ2v) is 4.73. The van der Waals surface area contributed by atoms with Crippen molar-refractivity contribution in [3.8, 4) is 5.75 Å². The summed E-state index contributed by atoms with van der Waals surface area (Å²) in [6.07, 6.45) is 2.26. The van der Waals surface area contributed by atoms with Crippen LogP contribution in [0.25, 0.3) is 0 Å². The van der Waals surface area contributed by atoms with Crippen LogP contribution in [-0.4, -0.2) is 35.6 Å². The summed E-state index contributed by atoms with van der Waals surface area (Å²) in [5.41, 5.74) is 5.72. The van der Waals surface area contributed by atoms with Crippen molar-refractivity contribution >= 4 is 17.2 Å². The van der Waals surface area contributed by atoms with Gasteiger partial charge in [-0.25, -0.2) is 0 Å². The molecule has 2 N–H and O–H groups in total. The molecule has 0 amide bonds. The molecule has 1 heterocycles. The Kier molecular flexibility index (Phi) is 4.34. The van der Waals surface area contributed by atoms with Gasteiger partial charge in [0.1, 0.15) is 12.4 Å². The molecule has 2 rings (SSSR count). The van der Waals surface area contributed by atoms with Gasteiger partial charge < -0.3 is 10.5 Å². The summed E-state index contributed by atoms with van der Waals surface area (Å²) in [6.45, 7) is 2.64. The number of benzene rings is 1. The highest BCUT2D eigenvalue weighted by Crippen LogP contribution is 2.17. The summed E-state index contributed by atoms with van der Waals surface area (Å²) in [7, 11) is 0. The Labute approximate surface area is 108 Å². The first-order valence-corrected chi connectivity index (χ1v) is 6.39. The van der Waals surface area contributed by atoms with E-state index in [0.29, 0.717) is 11.6 Å². The van der Waals surface area contributed by atoms with E-state index in [9.17, 15) is 0 Å². The minimum absolute atomic E-state index is 0.268. The lowest BCUT2D eigenvalue weighted by molar-refractivity contribution is 0.222. The summed E-state index contributed by atoms with van der Waals surface area (Å²) < 4.78 is 5.67. The summed E-state index contributed by atoms with van der Waals surface area (Å²) >= 11 is 5.07. The summed E-state index contributed by atoms with van der Waals surface area (Å²) in [4.78, 5) is 2.92. The van der Waals surface area contributed by atoms with Crippen molar-refractivity contribution in [2.45, 2.75) is 18.9 Å². The molecule has 1 aromatic rings. The van der Waals surface area contributed by atoms with Gasteiger partial charge >= 0.3 is 0 Å². The molecule has 0 bridgehead atoms. The Morgan fingerprint density at radius 2 is 2.18 bits per heavy atom. The fourth-order valence-corrected chi connectivity index (χ4v) is 2.48.